The largest absolute Gasteiger partial charge is 0.419 e. The lowest BCUT2D eigenvalue weighted by molar-refractivity contribution is 0.528. The normalized spacial score (nSPS) is 11.9. The molecule has 3 aromatic heterocycles. The number of thiophene rings is 1. The van der Waals surface area contributed by atoms with Gasteiger partial charge in [-0.1, -0.05) is 0 Å². The van der Waals surface area contributed by atoms with Crippen molar-refractivity contribution in [3.63, 3.8) is 0 Å². The molecule has 4 rings (SSSR count). The summed E-state index contributed by atoms with van der Waals surface area (Å²) in [5.74, 6) is -0.538. The summed E-state index contributed by atoms with van der Waals surface area (Å²) in [6.45, 7) is 0.107. The van der Waals surface area contributed by atoms with Crippen LogP contribution >= 0.6 is 11.3 Å². The van der Waals surface area contributed by atoms with Crippen LogP contribution in [0.1, 0.15) is 5.56 Å². The van der Waals surface area contributed by atoms with Crippen LogP contribution in [-0.2, 0) is 23.6 Å². The van der Waals surface area contributed by atoms with Gasteiger partial charge >= 0.3 is 5.76 Å². The quantitative estimate of drug-likeness (QED) is 0.555. The van der Waals surface area contributed by atoms with Gasteiger partial charge in [-0.05, 0) is 52.2 Å². The van der Waals surface area contributed by atoms with Crippen molar-refractivity contribution in [2.45, 2.75) is 11.4 Å². The molecule has 0 aliphatic rings. The highest BCUT2D eigenvalue weighted by Crippen LogP contribution is 2.22. The monoisotopic (exact) mass is 401 g/mol. The zero-order chi connectivity index (χ0) is 19.0. The van der Waals surface area contributed by atoms with Crippen LogP contribution in [-0.4, -0.2) is 18.0 Å². The van der Waals surface area contributed by atoms with Crippen molar-refractivity contribution in [1.82, 2.24) is 14.3 Å². The van der Waals surface area contributed by atoms with Gasteiger partial charge in [0.25, 0.3) is 0 Å². The van der Waals surface area contributed by atoms with E-state index in [0.717, 1.165) is 16.7 Å². The number of benzene rings is 1. The molecule has 27 heavy (non-hydrogen) atoms. The van der Waals surface area contributed by atoms with E-state index in [4.69, 9.17) is 4.42 Å². The predicted octanol–water partition coefficient (Wildman–Crippen LogP) is 2.73. The number of hydrogen-bond donors (Lipinski definition) is 1. The Bertz CT molecular complexity index is 1270. The molecule has 7 nitrogen and oxygen atoms in total. The zero-order valence-electron chi connectivity index (χ0n) is 14.2. The molecule has 0 bridgehead atoms. The van der Waals surface area contributed by atoms with Gasteiger partial charge in [-0.25, -0.2) is 17.9 Å². The minimum atomic E-state index is -3.76. The maximum absolute atomic E-state index is 12.6. The van der Waals surface area contributed by atoms with E-state index >= 15 is 0 Å². The van der Waals surface area contributed by atoms with Crippen LogP contribution in [0.3, 0.4) is 0 Å². The number of fused-ring (bicyclic) bond motifs is 1. The van der Waals surface area contributed by atoms with Crippen molar-refractivity contribution in [3.05, 3.63) is 69.6 Å². The van der Waals surface area contributed by atoms with Crippen LogP contribution in [0.2, 0.25) is 0 Å². The van der Waals surface area contributed by atoms with Gasteiger partial charge in [-0.2, -0.15) is 11.3 Å². The van der Waals surface area contributed by atoms with Crippen molar-refractivity contribution in [2.24, 2.45) is 7.05 Å². The van der Waals surface area contributed by atoms with Crippen molar-refractivity contribution < 1.29 is 12.8 Å². The van der Waals surface area contributed by atoms with Crippen molar-refractivity contribution in [3.8, 4) is 11.1 Å². The van der Waals surface area contributed by atoms with E-state index in [1.54, 1.807) is 23.7 Å². The Balaban J connectivity index is 1.58. The highest BCUT2D eigenvalue weighted by Gasteiger charge is 2.17. The van der Waals surface area contributed by atoms with Gasteiger partial charge in [0.15, 0.2) is 5.58 Å². The molecule has 9 heteroatoms. The summed E-state index contributed by atoms with van der Waals surface area (Å²) in [5, 5.41) is 3.99. The van der Waals surface area contributed by atoms with Crippen molar-refractivity contribution in [1.29, 1.82) is 0 Å². The van der Waals surface area contributed by atoms with Gasteiger partial charge in [-0.15, -0.1) is 0 Å². The number of aromatic nitrogens is 2. The first-order valence-electron chi connectivity index (χ1n) is 8.00. The first-order chi connectivity index (χ1) is 12.9. The van der Waals surface area contributed by atoms with E-state index in [2.05, 4.69) is 9.71 Å². The fourth-order valence-corrected chi connectivity index (χ4v) is 4.41. The van der Waals surface area contributed by atoms with E-state index in [1.807, 2.05) is 22.9 Å². The number of oxazole rings is 1. The smallest absolute Gasteiger partial charge is 0.408 e. The fraction of sp³-hybridized carbons (Fsp3) is 0.111. The second kappa shape index (κ2) is 6.76. The molecule has 0 fully saturated rings. The Kier molecular flexibility index (Phi) is 4.42. The van der Waals surface area contributed by atoms with Gasteiger partial charge in [0.2, 0.25) is 10.0 Å². The van der Waals surface area contributed by atoms with E-state index < -0.39 is 15.8 Å². The molecule has 0 saturated carbocycles. The lowest BCUT2D eigenvalue weighted by Gasteiger charge is -2.08. The average Bonchev–Trinajstić information content (AvgIpc) is 3.29. The average molecular weight is 401 g/mol. The third-order valence-corrected chi connectivity index (χ3v) is 6.27. The van der Waals surface area contributed by atoms with E-state index in [1.165, 1.54) is 29.8 Å². The second-order valence-corrected chi connectivity index (χ2v) is 8.52. The van der Waals surface area contributed by atoms with Crippen molar-refractivity contribution >= 4 is 32.5 Å². The molecule has 1 N–H and O–H groups in total. The minimum Gasteiger partial charge on any atom is -0.408 e. The minimum absolute atomic E-state index is 0.0633. The molecule has 0 radical (unpaired) electrons. The lowest BCUT2D eigenvalue weighted by atomic mass is 10.1. The van der Waals surface area contributed by atoms with E-state index in [9.17, 15) is 13.2 Å². The molecule has 0 unspecified atom stereocenters. The number of sulfonamides is 1. The van der Waals surface area contributed by atoms with Crippen LogP contribution in [0.15, 0.2) is 67.6 Å². The first-order valence-corrected chi connectivity index (χ1v) is 10.4. The molecule has 0 amide bonds. The molecule has 3 heterocycles. The maximum Gasteiger partial charge on any atom is 0.419 e. The lowest BCUT2D eigenvalue weighted by Crippen LogP contribution is -2.23. The standard InChI is InChI=1S/C18H15N3O4S2/c1-21-16-7-15(2-3-17(16)25-18(21)22)27(23,24)20-9-12-6-14(10-19-8-12)13-4-5-26-11-13/h2-8,10-11,20H,9H2,1H3. The highest BCUT2D eigenvalue weighted by atomic mass is 32.2. The molecular weight excluding hydrogens is 386 g/mol. The van der Waals surface area contributed by atoms with E-state index in [-0.39, 0.29) is 11.4 Å². The SMILES string of the molecule is Cn1c(=O)oc2ccc(S(=O)(=O)NCc3cncc(-c4ccsc4)c3)cc21. The molecule has 1 aromatic carbocycles. The Morgan fingerprint density at radius 3 is 2.81 bits per heavy atom. The Hall–Kier alpha value is -2.75. The third-order valence-electron chi connectivity index (χ3n) is 4.19. The molecule has 0 saturated heterocycles. The molecule has 0 aliphatic heterocycles. The number of rotatable bonds is 5. The molecule has 138 valence electrons. The van der Waals surface area contributed by atoms with Crippen LogP contribution < -0.4 is 10.5 Å². The van der Waals surface area contributed by atoms with Gasteiger partial charge in [0.05, 0.1) is 10.4 Å². The van der Waals surface area contributed by atoms with Gasteiger partial charge < -0.3 is 4.42 Å². The zero-order valence-corrected chi connectivity index (χ0v) is 15.9. The summed E-state index contributed by atoms with van der Waals surface area (Å²) in [5.41, 5.74) is 3.49. The molecule has 0 spiro atoms. The summed E-state index contributed by atoms with van der Waals surface area (Å²) in [4.78, 5) is 15.8. The van der Waals surface area contributed by atoms with Gasteiger partial charge in [0, 0.05) is 31.5 Å². The summed E-state index contributed by atoms with van der Waals surface area (Å²) in [6.07, 6.45) is 3.37. The van der Waals surface area contributed by atoms with Crippen LogP contribution in [0.5, 0.6) is 0 Å². The molecular formula is C18H15N3O4S2. The topological polar surface area (TPSA) is 94.2 Å². The Labute approximate surface area is 159 Å². The Morgan fingerprint density at radius 2 is 2.04 bits per heavy atom. The third kappa shape index (κ3) is 3.44. The van der Waals surface area contributed by atoms with E-state index in [0.29, 0.717) is 11.1 Å². The number of nitrogens with zero attached hydrogens (tertiary/aromatic N) is 2. The molecule has 4 aromatic rings. The number of aryl methyl sites for hydroxylation is 1. The Morgan fingerprint density at radius 1 is 1.19 bits per heavy atom. The second-order valence-electron chi connectivity index (χ2n) is 5.97. The number of nitrogens with one attached hydrogen (secondary N) is 1. The van der Waals surface area contributed by atoms with Crippen LogP contribution in [0.25, 0.3) is 22.2 Å². The number of hydrogen-bond acceptors (Lipinski definition) is 6. The summed E-state index contributed by atoms with van der Waals surface area (Å²) in [6, 6.07) is 8.20. The molecule has 0 atom stereocenters. The summed E-state index contributed by atoms with van der Waals surface area (Å²) >= 11 is 1.59. The first kappa shape index (κ1) is 17.7. The predicted molar refractivity (Wildman–Crippen MR) is 103 cm³/mol. The van der Waals surface area contributed by atoms with Crippen molar-refractivity contribution in [2.75, 3.05) is 0 Å². The van der Waals surface area contributed by atoms with Crippen LogP contribution in [0, 0.1) is 0 Å². The maximum atomic E-state index is 12.6. The van der Waals surface area contributed by atoms with Gasteiger partial charge in [0.1, 0.15) is 0 Å². The summed E-state index contributed by atoms with van der Waals surface area (Å²) in [7, 11) is -2.23. The van der Waals surface area contributed by atoms with Gasteiger partial charge in [-0.3, -0.25) is 9.55 Å². The number of pyridine rings is 1. The molecule has 0 aliphatic carbocycles. The highest BCUT2D eigenvalue weighted by molar-refractivity contribution is 7.89. The van der Waals surface area contributed by atoms with Crippen LogP contribution in [0.4, 0.5) is 0 Å². The fourth-order valence-electron chi connectivity index (χ4n) is 2.71. The summed E-state index contributed by atoms with van der Waals surface area (Å²) < 4.78 is 34.1.